The smallest absolute Gasteiger partial charge is 0.247 e. The maximum absolute atomic E-state index is 12.2. The number of fused-ring (bicyclic) bond motifs is 1. The van der Waals surface area contributed by atoms with Crippen LogP contribution in [0.4, 0.5) is 5.82 Å². The summed E-state index contributed by atoms with van der Waals surface area (Å²) in [4.78, 5) is 16.4. The molecule has 0 aliphatic rings. The molecule has 0 aliphatic carbocycles. The molecule has 1 N–H and O–H groups in total. The van der Waals surface area contributed by atoms with Crippen LogP contribution in [-0.2, 0) is 11.3 Å². The van der Waals surface area contributed by atoms with Crippen molar-refractivity contribution in [2.45, 2.75) is 13.5 Å². The highest BCUT2D eigenvalue weighted by Crippen LogP contribution is 2.28. The summed E-state index contributed by atoms with van der Waals surface area (Å²) in [5, 5.41) is 9.47. The zero-order chi connectivity index (χ0) is 17.9. The van der Waals surface area contributed by atoms with Crippen molar-refractivity contribution in [3.63, 3.8) is 0 Å². The normalized spacial score (nSPS) is 10.8. The Bertz CT molecular complexity index is 1060. The number of hydrogen-bond donors (Lipinski definition) is 1. The van der Waals surface area contributed by atoms with Gasteiger partial charge in [-0.3, -0.25) is 9.48 Å². The van der Waals surface area contributed by atoms with Crippen LogP contribution in [0.15, 0.2) is 73.2 Å². The predicted molar refractivity (Wildman–Crippen MR) is 103 cm³/mol. The zero-order valence-corrected chi connectivity index (χ0v) is 14.4. The van der Waals surface area contributed by atoms with Crippen molar-refractivity contribution in [1.82, 2.24) is 14.8 Å². The van der Waals surface area contributed by atoms with E-state index in [1.807, 2.05) is 37.4 Å². The zero-order valence-electron chi connectivity index (χ0n) is 14.4. The average Bonchev–Trinajstić information content (AvgIpc) is 3.11. The highest BCUT2D eigenvalue weighted by atomic mass is 16.2. The van der Waals surface area contributed by atoms with Gasteiger partial charge >= 0.3 is 0 Å². The molecule has 0 unspecified atom stereocenters. The number of carbonyl (C=O) groups is 1. The Morgan fingerprint density at radius 3 is 2.73 bits per heavy atom. The lowest BCUT2D eigenvalue weighted by atomic mass is 10.0. The summed E-state index contributed by atoms with van der Waals surface area (Å²) in [6.07, 6.45) is 5.41. The van der Waals surface area contributed by atoms with E-state index in [0.29, 0.717) is 5.82 Å². The van der Waals surface area contributed by atoms with Gasteiger partial charge in [0.1, 0.15) is 12.4 Å². The van der Waals surface area contributed by atoms with Crippen molar-refractivity contribution >= 4 is 22.5 Å². The van der Waals surface area contributed by atoms with Gasteiger partial charge in [0.25, 0.3) is 0 Å². The largest absolute Gasteiger partial charge is 0.309 e. The number of carbonyl (C=O) groups excluding carboxylic acids is 1. The van der Waals surface area contributed by atoms with Gasteiger partial charge in [0, 0.05) is 18.0 Å². The maximum Gasteiger partial charge on any atom is 0.247 e. The maximum atomic E-state index is 12.2. The number of nitrogens with one attached hydrogen (secondary N) is 1. The Morgan fingerprint density at radius 1 is 1.04 bits per heavy atom. The van der Waals surface area contributed by atoms with E-state index in [4.69, 9.17) is 0 Å². The summed E-state index contributed by atoms with van der Waals surface area (Å²) < 4.78 is 1.64. The monoisotopic (exact) mass is 342 g/mol. The molecule has 0 spiro atoms. The number of pyridine rings is 1. The predicted octanol–water partition coefficient (Wildman–Crippen LogP) is 4.05. The highest BCUT2D eigenvalue weighted by Gasteiger charge is 2.09. The van der Waals surface area contributed by atoms with Gasteiger partial charge in [0.05, 0.1) is 6.20 Å². The number of amides is 1. The molecule has 0 fully saturated rings. The van der Waals surface area contributed by atoms with Gasteiger partial charge in [0.2, 0.25) is 5.91 Å². The van der Waals surface area contributed by atoms with Gasteiger partial charge in [-0.2, -0.15) is 5.10 Å². The Hall–Kier alpha value is -3.47. The summed E-state index contributed by atoms with van der Waals surface area (Å²) in [7, 11) is 0. The van der Waals surface area contributed by atoms with Crippen molar-refractivity contribution in [1.29, 1.82) is 0 Å². The fourth-order valence-electron chi connectivity index (χ4n) is 2.94. The van der Waals surface area contributed by atoms with E-state index in [2.05, 4.69) is 39.7 Å². The van der Waals surface area contributed by atoms with Gasteiger partial charge in [-0.1, -0.05) is 48.5 Å². The molecule has 5 nitrogen and oxygen atoms in total. The van der Waals surface area contributed by atoms with Crippen LogP contribution < -0.4 is 5.32 Å². The third-order valence-corrected chi connectivity index (χ3v) is 4.22. The molecule has 0 aliphatic heterocycles. The van der Waals surface area contributed by atoms with Gasteiger partial charge in [-0.15, -0.1) is 0 Å². The molecular formula is C21H18N4O. The van der Waals surface area contributed by atoms with Crippen LogP contribution >= 0.6 is 0 Å². The Labute approximate surface area is 151 Å². The molecule has 1 amide bonds. The molecule has 26 heavy (non-hydrogen) atoms. The van der Waals surface area contributed by atoms with Gasteiger partial charge in [-0.05, 0) is 34.9 Å². The van der Waals surface area contributed by atoms with E-state index in [0.717, 1.165) is 16.7 Å². The minimum atomic E-state index is -0.158. The first-order valence-electron chi connectivity index (χ1n) is 8.42. The second kappa shape index (κ2) is 6.80. The lowest BCUT2D eigenvalue weighted by Gasteiger charge is -2.05. The molecule has 0 saturated heterocycles. The fourth-order valence-corrected chi connectivity index (χ4v) is 2.94. The van der Waals surface area contributed by atoms with Crippen LogP contribution in [-0.4, -0.2) is 20.7 Å². The molecule has 0 radical (unpaired) electrons. The summed E-state index contributed by atoms with van der Waals surface area (Å²) in [5.41, 5.74) is 3.15. The van der Waals surface area contributed by atoms with Gasteiger partial charge in [-0.25, -0.2) is 4.98 Å². The number of nitrogens with zero attached hydrogens (tertiary/aromatic N) is 3. The van der Waals surface area contributed by atoms with E-state index < -0.39 is 0 Å². The highest BCUT2D eigenvalue weighted by molar-refractivity contribution is 5.96. The summed E-state index contributed by atoms with van der Waals surface area (Å²) in [6.45, 7) is 2.09. The second-order valence-corrected chi connectivity index (χ2v) is 6.22. The third-order valence-electron chi connectivity index (χ3n) is 4.22. The first kappa shape index (κ1) is 16.0. The Balaban J connectivity index is 1.52. The Morgan fingerprint density at radius 2 is 1.88 bits per heavy atom. The van der Waals surface area contributed by atoms with Crippen molar-refractivity contribution in [3.05, 3.63) is 78.8 Å². The number of hydrogen-bond acceptors (Lipinski definition) is 3. The topological polar surface area (TPSA) is 59.8 Å². The van der Waals surface area contributed by atoms with E-state index in [1.54, 1.807) is 23.1 Å². The van der Waals surface area contributed by atoms with Gasteiger partial charge in [0.15, 0.2) is 0 Å². The standard InChI is InChI=1S/C21H18N4O/c1-15-9-10-20(22-11-15)24-21(26)14-25-13-17(12-23-25)19-8-4-6-16-5-2-3-7-18(16)19/h2-13H,14H2,1H3,(H,22,24,26). The van der Waals surface area contributed by atoms with Crippen molar-refractivity contribution < 1.29 is 4.79 Å². The quantitative estimate of drug-likeness (QED) is 0.609. The van der Waals surface area contributed by atoms with E-state index in [-0.39, 0.29) is 12.5 Å². The third kappa shape index (κ3) is 3.32. The molecule has 4 rings (SSSR count). The SMILES string of the molecule is Cc1ccc(NC(=O)Cn2cc(-c3cccc4ccccc34)cn2)nc1. The molecule has 128 valence electrons. The van der Waals surface area contributed by atoms with Crippen LogP contribution in [0.5, 0.6) is 0 Å². The number of anilines is 1. The van der Waals surface area contributed by atoms with Crippen molar-refractivity contribution in [3.8, 4) is 11.1 Å². The minimum Gasteiger partial charge on any atom is -0.309 e. The average molecular weight is 342 g/mol. The minimum absolute atomic E-state index is 0.139. The summed E-state index contributed by atoms with van der Waals surface area (Å²) >= 11 is 0. The number of aromatic nitrogens is 3. The first-order valence-corrected chi connectivity index (χ1v) is 8.42. The molecule has 2 heterocycles. The lowest BCUT2D eigenvalue weighted by Crippen LogP contribution is -2.19. The molecule has 2 aromatic carbocycles. The molecule has 0 bridgehead atoms. The van der Waals surface area contributed by atoms with E-state index in [9.17, 15) is 4.79 Å². The molecule has 0 atom stereocenters. The molecule has 0 saturated carbocycles. The van der Waals surface area contributed by atoms with Crippen molar-refractivity contribution in [2.75, 3.05) is 5.32 Å². The number of benzene rings is 2. The molecule has 2 aromatic heterocycles. The van der Waals surface area contributed by atoms with Crippen LogP contribution in [0.1, 0.15) is 5.56 Å². The van der Waals surface area contributed by atoms with Crippen molar-refractivity contribution in [2.24, 2.45) is 0 Å². The molecular weight excluding hydrogens is 324 g/mol. The first-order chi connectivity index (χ1) is 12.7. The lowest BCUT2D eigenvalue weighted by molar-refractivity contribution is -0.116. The second-order valence-electron chi connectivity index (χ2n) is 6.22. The van der Waals surface area contributed by atoms with E-state index >= 15 is 0 Å². The molecule has 5 heteroatoms. The number of rotatable bonds is 4. The van der Waals surface area contributed by atoms with E-state index in [1.165, 1.54) is 10.8 Å². The van der Waals surface area contributed by atoms with Crippen LogP contribution in [0.3, 0.4) is 0 Å². The fraction of sp³-hybridized carbons (Fsp3) is 0.0952. The van der Waals surface area contributed by atoms with Crippen LogP contribution in [0, 0.1) is 6.92 Å². The van der Waals surface area contributed by atoms with Crippen LogP contribution in [0.2, 0.25) is 0 Å². The Kier molecular flexibility index (Phi) is 4.19. The van der Waals surface area contributed by atoms with Gasteiger partial charge < -0.3 is 5.32 Å². The van der Waals surface area contributed by atoms with Crippen LogP contribution in [0.25, 0.3) is 21.9 Å². The summed E-state index contributed by atoms with van der Waals surface area (Å²) in [6, 6.07) is 18.1. The summed E-state index contributed by atoms with van der Waals surface area (Å²) in [5.74, 6) is 0.385. The number of aryl methyl sites for hydroxylation is 1. The molecule has 4 aromatic rings.